The third kappa shape index (κ3) is 4.65. The zero-order valence-electron chi connectivity index (χ0n) is 15.1. The number of nitro benzene ring substituents is 1. The zero-order valence-corrected chi connectivity index (χ0v) is 16.6. The van der Waals surface area contributed by atoms with Crippen LogP contribution in [0, 0.1) is 24.0 Å². The Balaban J connectivity index is 1.70. The number of hydrogen-bond donors (Lipinski definition) is 1. The summed E-state index contributed by atoms with van der Waals surface area (Å²) in [4.78, 5) is 27.9. The molecule has 7 nitrogen and oxygen atoms in total. The van der Waals surface area contributed by atoms with Crippen LogP contribution in [0.2, 0.25) is 5.02 Å². The number of nitrogens with zero attached hydrogens (tertiary/aromatic N) is 2. The number of nitro groups is 1. The molecule has 144 valence electrons. The maximum atomic E-state index is 12.6. The van der Waals surface area contributed by atoms with Crippen molar-refractivity contribution in [3.8, 4) is 5.75 Å². The van der Waals surface area contributed by atoms with Crippen molar-refractivity contribution in [3.63, 3.8) is 0 Å². The lowest BCUT2D eigenvalue weighted by molar-refractivity contribution is -0.385. The van der Waals surface area contributed by atoms with Crippen LogP contribution >= 0.6 is 22.9 Å². The molecule has 0 spiro atoms. The summed E-state index contributed by atoms with van der Waals surface area (Å²) in [5, 5.41) is 15.0. The van der Waals surface area contributed by atoms with Gasteiger partial charge in [0, 0.05) is 22.3 Å². The van der Waals surface area contributed by atoms with Gasteiger partial charge in [-0.1, -0.05) is 17.7 Å². The van der Waals surface area contributed by atoms with E-state index in [1.807, 2.05) is 0 Å². The normalized spacial score (nSPS) is 10.5. The van der Waals surface area contributed by atoms with E-state index >= 15 is 0 Å². The fourth-order valence-electron chi connectivity index (χ4n) is 2.47. The van der Waals surface area contributed by atoms with Gasteiger partial charge in [-0.05, 0) is 44.2 Å². The number of halogens is 1. The molecule has 1 heterocycles. The third-order valence-corrected chi connectivity index (χ3v) is 5.27. The van der Waals surface area contributed by atoms with Crippen LogP contribution in [0.5, 0.6) is 5.75 Å². The van der Waals surface area contributed by atoms with Crippen molar-refractivity contribution in [3.05, 3.63) is 78.7 Å². The Morgan fingerprint density at radius 1 is 1.25 bits per heavy atom. The van der Waals surface area contributed by atoms with Crippen LogP contribution in [0.25, 0.3) is 0 Å². The van der Waals surface area contributed by atoms with Gasteiger partial charge in [-0.15, -0.1) is 11.3 Å². The number of hydrogen-bond acceptors (Lipinski definition) is 6. The van der Waals surface area contributed by atoms with E-state index in [4.69, 9.17) is 16.3 Å². The highest BCUT2D eigenvalue weighted by atomic mass is 35.5. The number of anilines is 1. The highest BCUT2D eigenvalue weighted by Crippen LogP contribution is 2.25. The van der Waals surface area contributed by atoms with Crippen LogP contribution in [0.3, 0.4) is 0 Å². The molecule has 0 saturated carbocycles. The van der Waals surface area contributed by atoms with Gasteiger partial charge in [0.05, 0.1) is 10.6 Å². The highest BCUT2D eigenvalue weighted by molar-refractivity contribution is 7.13. The van der Waals surface area contributed by atoms with Crippen LogP contribution in [-0.4, -0.2) is 15.8 Å². The maximum absolute atomic E-state index is 12.6. The molecule has 0 aliphatic rings. The second-order valence-corrected chi connectivity index (χ2v) is 7.50. The molecule has 9 heteroatoms. The van der Waals surface area contributed by atoms with Crippen molar-refractivity contribution in [1.82, 2.24) is 4.98 Å². The maximum Gasteiger partial charge on any atom is 0.274 e. The van der Waals surface area contributed by atoms with Crippen LogP contribution in [-0.2, 0) is 6.61 Å². The minimum absolute atomic E-state index is 0.0455. The average molecular weight is 418 g/mol. The molecule has 1 amide bonds. The summed E-state index contributed by atoms with van der Waals surface area (Å²) >= 11 is 7.06. The average Bonchev–Trinajstić information content (AvgIpc) is 3.03. The lowest BCUT2D eigenvalue weighted by Gasteiger charge is -2.05. The monoisotopic (exact) mass is 417 g/mol. The van der Waals surface area contributed by atoms with Crippen molar-refractivity contribution < 1.29 is 14.5 Å². The predicted molar refractivity (Wildman–Crippen MR) is 108 cm³/mol. The topological polar surface area (TPSA) is 94.4 Å². The first-order valence-electron chi connectivity index (χ1n) is 8.24. The fourth-order valence-corrected chi connectivity index (χ4v) is 3.47. The first-order valence-corrected chi connectivity index (χ1v) is 9.44. The molecule has 1 N–H and O–H groups in total. The minimum atomic E-state index is -0.477. The first-order chi connectivity index (χ1) is 13.3. The van der Waals surface area contributed by atoms with E-state index in [1.165, 1.54) is 17.4 Å². The van der Waals surface area contributed by atoms with Crippen LogP contribution < -0.4 is 10.1 Å². The summed E-state index contributed by atoms with van der Waals surface area (Å²) in [5.74, 6) is 0.279. The Morgan fingerprint density at radius 2 is 1.96 bits per heavy atom. The summed E-state index contributed by atoms with van der Waals surface area (Å²) < 4.78 is 5.65. The van der Waals surface area contributed by atoms with Crippen molar-refractivity contribution in [2.45, 2.75) is 20.5 Å². The van der Waals surface area contributed by atoms with E-state index in [2.05, 4.69) is 10.3 Å². The summed E-state index contributed by atoms with van der Waals surface area (Å²) in [6, 6.07) is 11.5. The molecule has 0 unspecified atom stereocenters. The largest absolute Gasteiger partial charge is 0.486 e. The summed E-state index contributed by atoms with van der Waals surface area (Å²) in [6.07, 6.45) is 0. The summed E-state index contributed by atoms with van der Waals surface area (Å²) in [7, 11) is 0. The van der Waals surface area contributed by atoms with Gasteiger partial charge in [0.1, 0.15) is 22.2 Å². The zero-order chi connectivity index (χ0) is 20.3. The molecule has 1 aromatic heterocycles. The van der Waals surface area contributed by atoms with Crippen molar-refractivity contribution in [1.29, 1.82) is 0 Å². The van der Waals surface area contributed by atoms with Crippen molar-refractivity contribution in [2.24, 2.45) is 0 Å². The third-order valence-electron chi connectivity index (χ3n) is 3.89. The Labute approximate surface area is 170 Å². The van der Waals surface area contributed by atoms with Gasteiger partial charge in [0.15, 0.2) is 0 Å². The van der Waals surface area contributed by atoms with Crippen molar-refractivity contribution in [2.75, 3.05) is 5.32 Å². The predicted octanol–water partition coefficient (Wildman–Crippen LogP) is 5.15. The Kier molecular flexibility index (Phi) is 5.91. The second-order valence-electron chi connectivity index (χ2n) is 5.98. The van der Waals surface area contributed by atoms with E-state index < -0.39 is 4.92 Å². The summed E-state index contributed by atoms with van der Waals surface area (Å²) in [5.41, 5.74) is 1.40. The highest BCUT2D eigenvalue weighted by Gasteiger charge is 2.18. The van der Waals surface area contributed by atoms with E-state index in [-0.39, 0.29) is 18.2 Å². The van der Waals surface area contributed by atoms with Gasteiger partial charge in [-0.3, -0.25) is 14.9 Å². The SMILES string of the molecule is Cc1ccc(NC(=O)c2sc(COc3ccc(Cl)cc3)nc2C)cc1[N+](=O)[O-]. The number of amides is 1. The van der Waals surface area contributed by atoms with Gasteiger partial charge in [-0.2, -0.15) is 0 Å². The molecule has 0 aliphatic carbocycles. The minimum Gasteiger partial charge on any atom is -0.486 e. The van der Waals surface area contributed by atoms with Crippen LogP contribution in [0.1, 0.15) is 25.9 Å². The first kappa shape index (κ1) is 19.8. The van der Waals surface area contributed by atoms with Gasteiger partial charge < -0.3 is 10.1 Å². The van der Waals surface area contributed by atoms with Crippen LogP contribution in [0.15, 0.2) is 42.5 Å². The molecule has 0 fully saturated rings. The number of carbonyl (C=O) groups is 1. The number of aryl methyl sites for hydroxylation is 2. The second kappa shape index (κ2) is 8.37. The number of rotatable bonds is 6. The molecule has 3 rings (SSSR count). The Hall–Kier alpha value is -2.97. The van der Waals surface area contributed by atoms with Gasteiger partial charge in [-0.25, -0.2) is 4.98 Å². The lowest BCUT2D eigenvalue weighted by atomic mass is 10.2. The smallest absolute Gasteiger partial charge is 0.274 e. The molecular formula is C19H16ClN3O4S. The number of nitrogens with one attached hydrogen (secondary N) is 1. The number of thiazole rings is 1. The summed E-state index contributed by atoms with van der Waals surface area (Å²) in [6.45, 7) is 3.59. The van der Waals surface area contributed by atoms with E-state index in [1.54, 1.807) is 50.2 Å². The lowest BCUT2D eigenvalue weighted by Crippen LogP contribution is -2.11. The number of ether oxygens (including phenoxy) is 1. The van der Waals surface area contributed by atoms with Gasteiger partial charge in [0.25, 0.3) is 11.6 Å². The standard InChI is InChI=1S/C19H16ClN3O4S/c1-11-3-6-14(9-16(11)23(25)26)22-19(24)18-12(2)21-17(28-18)10-27-15-7-4-13(20)5-8-15/h3-9H,10H2,1-2H3,(H,22,24). The molecule has 0 aliphatic heterocycles. The van der Waals surface area contributed by atoms with Crippen molar-refractivity contribution >= 4 is 40.2 Å². The van der Waals surface area contributed by atoms with E-state index in [0.29, 0.717) is 37.6 Å². The molecule has 0 atom stereocenters. The quantitative estimate of drug-likeness (QED) is 0.442. The molecule has 0 radical (unpaired) electrons. The molecule has 0 bridgehead atoms. The number of aromatic nitrogens is 1. The Morgan fingerprint density at radius 3 is 2.64 bits per heavy atom. The van der Waals surface area contributed by atoms with Gasteiger partial charge >= 0.3 is 0 Å². The Bertz CT molecular complexity index is 1030. The van der Waals surface area contributed by atoms with Gasteiger partial charge in [0.2, 0.25) is 0 Å². The molecular weight excluding hydrogens is 402 g/mol. The molecule has 0 saturated heterocycles. The molecule has 3 aromatic rings. The van der Waals surface area contributed by atoms with E-state index in [0.717, 1.165) is 0 Å². The number of benzene rings is 2. The van der Waals surface area contributed by atoms with Crippen LogP contribution in [0.4, 0.5) is 11.4 Å². The molecule has 28 heavy (non-hydrogen) atoms. The molecule has 2 aromatic carbocycles. The number of carbonyl (C=O) groups excluding carboxylic acids is 1. The fraction of sp³-hybridized carbons (Fsp3) is 0.158. The van der Waals surface area contributed by atoms with E-state index in [9.17, 15) is 14.9 Å².